The first kappa shape index (κ1) is 19.9. The number of aryl methyl sites for hydroxylation is 1. The molecule has 2 heterocycles. The summed E-state index contributed by atoms with van der Waals surface area (Å²) in [7, 11) is 3.13. The lowest BCUT2D eigenvalue weighted by Gasteiger charge is -2.31. The average molecular weight is 389 g/mol. The van der Waals surface area contributed by atoms with Gasteiger partial charge in [-0.2, -0.15) is 5.10 Å². The summed E-state index contributed by atoms with van der Waals surface area (Å²) in [4.78, 5) is 26.5. The summed E-state index contributed by atoms with van der Waals surface area (Å²) >= 11 is 0. The number of likely N-dealkylation sites (tertiary alicyclic amines) is 1. The number of carbonyl (C=O) groups is 2. The van der Waals surface area contributed by atoms with Gasteiger partial charge in [0, 0.05) is 31.8 Å². The van der Waals surface area contributed by atoms with Crippen LogP contribution < -0.4 is 4.74 Å². The first-order chi connectivity index (χ1) is 13.4. The molecule has 1 atom stereocenters. The summed E-state index contributed by atoms with van der Waals surface area (Å²) in [5, 5.41) is 4.26. The molecule has 0 spiro atoms. The molecule has 1 amide bonds. The molecule has 1 aromatic heterocycles. The van der Waals surface area contributed by atoms with Crippen LogP contribution in [0.5, 0.6) is 5.75 Å². The van der Waals surface area contributed by atoms with E-state index in [9.17, 15) is 14.0 Å². The second kappa shape index (κ2) is 8.41. The van der Waals surface area contributed by atoms with E-state index >= 15 is 0 Å². The van der Waals surface area contributed by atoms with Crippen LogP contribution in [0.25, 0.3) is 11.3 Å². The van der Waals surface area contributed by atoms with Crippen molar-refractivity contribution in [3.8, 4) is 17.0 Å². The number of aromatic nitrogens is 2. The molecule has 3 rings (SSSR count). The molecular weight excluding hydrogens is 365 g/mol. The predicted octanol–water partition coefficient (Wildman–Crippen LogP) is 2.65. The van der Waals surface area contributed by atoms with Crippen molar-refractivity contribution in [3.05, 3.63) is 35.8 Å². The Bertz CT molecular complexity index is 880. The summed E-state index contributed by atoms with van der Waals surface area (Å²) < 4.78 is 26.0. The predicted molar refractivity (Wildman–Crippen MR) is 100 cm³/mol. The van der Waals surface area contributed by atoms with Gasteiger partial charge in [-0.25, -0.2) is 4.39 Å². The Labute approximate surface area is 163 Å². The topological polar surface area (TPSA) is 73.7 Å². The molecule has 0 aliphatic carbocycles. The van der Waals surface area contributed by atoms with Crippen LogP contribution >= 0.6 is 0 Å². The number of ether oxygens (including phenoxy) is 2. The van der Waals surface area contributed by atoms with Gasteiger partial charge < -0.3 is 14.4 Å². The number of benzene rings is 1. The number of hydrogen-bond donors (Lipinski definition) is 0. The Hall–Kier alpha value is -2.90. The molecule has 1 saturated heterocycles. The Kier molecular flexibility index (Phi) is 5.96. The van der Waals surface area contributed by atoms with Gasteiger partial charge in [-0.3, -0.25) is 14.3 Å². The molecule has 8 heteroatoms. The quantitative estimate of drug-likeness (QED) is 0.735. The highest BCUT2D eigenvalue weighted by Crippen LogP contribution is 2.27. The van der Waals surface area contributed by atoms with Crippen molar-refractivity contribution in [2.75, 3.05) is 26.8 Å². The molecule has 150 valence electrons. The number of piperidine rings is 1. The number of amides is 1. The van der Waals surface area contributed by atoms with Crippen LogP contribution in [0, 0.1) is 11.7 Å². The van der Waals surface area contributed by atoms with Crippen molar-refractivity contribution in [3.63, 3.8) is 0 Å². The van der Waals surface area contributed by atoms with Crippen LogP contribution in [-0.4, -0.2) is 53.4 Å². The Morgan fingerprint density at radius 1 is 1.32 bits per heavy atom. The monoisotopic (exact) mass is 389 g/mol. The van der Waals surface area contributed by atoms with Gasteiger partial charge in [-0.15, -0.1) is 0 Å². The zero-order valence-corrected chi connectivity index (χ0v) is 16.3. The summed E-state index contributed by atoms with van der Waals surface area (Å²) in [6.45, 7) is 2.94. The molecule has 0 N–H and O–H groups in total. The number of nitrogens with zero attached hydrogens (tertiary/aromatic N) is 3. The van der Waals surface area contributed by atoms with Gasteiger partial charge in [0.05, 0.1) is 25.3 Å². The zero-order valence-electron chi connectivity index (χ0n) is 16.3. The molecule has 0 bridgehead atoms. The van der Waals surface area contributed by atoms with E-state index in [1.807, 2.05) is 0 Å². The van der Waals surface area contributed by atoms with E-state index in [4.69, 9.17) is 9.47 Å². The van der Waals surface area contributed by atoms with E-state index < -0.39 is 5.82 Å². The lowest BCUT2D eigenvalue weighted by atomic mass is 9.98. The number of hydrogen-bond acceptors (Lipinski definition) is 5. The average Bonchev–Trinajstić information content (AvgIpc) is 3.09. The molecule has 1 fully saturated rings. The molecule has 0 unspecified atom stereocenters. The molecule has 28 heavy (non-hydrogen) atoms. The van der Waals surface area contributed by atoms with Crippen molar-refractivity contribution in [2.45, 2.75) is 19.8 Å². The maximum Gasteiger partial charge on any atom is 0.310 e. The highest BCUT2D eigenvalue weighted by Gasteiger charge is 2.31. The SMILES string of the molecule is CCOC(=O)[C@H]1CCCN(C(=O)c2cc(-c3ccc(OC)cc3F)n(C)n2)C1. The van der Waals surface area contributed by atoms with E-state index in [0.717, 1.165) is 6.42 Å². The fourth-order valence-corrected chi connectivity index (χ4v) is 3.43. The lowest BCUT2D eigenvalue weighted by molar-refractivity contribution is -0.149. The molecule has 0 saturated carbocycles. The van der Waals surface area contributed by atoms with Gasteiger partial charge in [-0.1, -0.05) is 0 Å². The van der Waals surface area contributed by atoms with E-state index in [1.54, 1.807) is 37.1 Å². The molecular formula is C20H24FN3O4. The number of methoxy groups -OCH3 is 1. The highest BCUT2D eigenvalue weighted by atomic mass is 19.1. The van der Waals surface area contributed by atoms with Crippen LogP contribution in [0.4, 0.5) is 4.39 Å². The number of carbonyl (C=O) groups excluding carboxylic acids is 2. The maximum absolute atomic E-state index is 14.4. The molecule has 1 aromatic carbocycles. The summed E-state index contributed by atoms with van der Waals surface area (Å²) in [6, 6.07) is 6.11. The second-order valence-electron chi connectivity index (χ2n) is 6.73. The first-order valence-electron chi connectivity index (χ1n) is 9.28. The van der Waals surface area contributed by atoms with E-state index in [1.165, 1.54) is 17.9 Å². The number of esters is 1. The molecule has 7 nitrogen and oxygen atoms in total. The van der Waals surface area contributed by atoms with Crippen molar-refractivity contribution in [1.82, 2.24) is 14.7 Å². The third kappa shape index (κ3) is 4.00. The van der Waals surface area contributed by atoms with Crippen LogP contribution in [0.3, 0.4) is 0 Å². The minimum Gasteiger partial charge on any atom is -0.497 e. The van der Waals surface area contributed by atoms with Gasteiger partial charge in [0.15, 0.2) is 5.69 Å². The Balaban J connectivity index is 1.80. The van der Waals surface area contributed by atoms with Crippen molar-refractivity contribution in [2.24, 2.45) is 13.0 Å². The van der Waals surface area contributed by atoms with Gasteiger partial charge in [0.2, 0.25) is 0 Å². The number of halogens is 1. The third-order valence-electron chi connectivity index (χ3n) is 4.88. The van der Waals surface area contributed by atoms with E-state index in [2.05, 4.69) is 5.10 Å². The largest absolute Gasteiger partial charge is 0.497 e. The molecule has 2 aromatic rings. The van der Waals surface area contributed by atoms with Crippen LogP contribution in [-0.2, 0) is 16.6 Å². The molecule has 1 aliphatic rings. The summed E-state index contributed by atoms with van der Waals surface area (Å²) in [6.07, 6.45) is 1.43. The fraction of sp³-hybridized carbons (Fsp3) is 0.450. The summed E-state index contributed by atoms with van der Waals surface area (Å²) in [5.74, 6) is -0.911. The van der Waals surface area contributed by atoms with Crippen molar-refractivity contribution in [1.29, 1.82) is 0 Å². The molecule has 1 aliphatic heterocycles. The van der Waals surface area contributed by atoms with Crippen LogP contribution in [0.15, 0.2) is 24.3 Å². The van der Waals surface area contributed by atoms with Crippen molar-refractivity contribution < 1.29 is 23.5 Å². The van der Waals surface area contributed by atoms with Crippen LogP contribution in [0.1, 0.15) is 30.3 Å². The lowest BCUT2D eigenvalue weighted by Crippen LogP contribution is -2.43. The van der Waals surface area contributed by atoms with Crippen LogP contribution in [0.2, 0.25) is 0 Å². The third-order valence-corrected chi connectivity index (χ3v) is 4.88. The Morgan fingerprint density at radius 2 is 2.11 bits per heavy atom. The normalized spacial score (nSPS) is 16.7. The smallest absolute Gasteiger partial charge is 0.310 e. The minimum absolute atomic E-state index is 0.220. The maximum atomic E-state index is 14.4. The zero-order chi connectivity index (χ0) is 20.3. The highest BCUT2D eigenvalue weighted by molar-refractivity contribution is 5.94. The number of rotatable bonds is 5. The first-order valence-corrected chi connectivity index (χ1v) is 9.28. The van der Waals surface area contributed by atoms with Gasteiger partial charge in [0.25, 0.3) is 5.91 Å². The fourth-order valence-electron chi connectivity index (χ4n) is 3.43. The van der Waals surface area contributed by atoms with Gasteiger partial charge in [-0.05, 0) is 38.0 Å². The summed E-state index contributed by atoms with van der Waals surface area (Å²) in [5.41, 5.74) is 1.04. The van der Waals surface area contributed by atoms with Crippen molar-refractivity contribution >= 4 is 11.9 Å². The van der Waals surface area contributed by atoms with E-state index in [-0.39, 0.29) is 23.5 Å². The standard InChI is InChI=1S/C20H24FN3O4/c1-4-28-20(26)13-6-5-9-24(12-13)19(25)17-11-18(23(2)22-17)15-8-7-14(27-3)10-16(15)21/h7-8,10-11,13H,4-6,9,12H2,1-3H3/t13-/m0/s1. The Morgan fingerprint density at radius 3 is 2.79 bits per heavy atom. The minimum atomic E-state index is -0.457. The van der Waals surface area contributed by atoms with Gasteiger partial charge >= 0.3 is 5.97 Å². The second-order valence-corrected chi connectivity index (χ2v) is 6.73. The molecule has 0 radical (unpaired) electrons. The van der Waals surface area contributed by atoms with E-state index in [0.29, 0.717) is 43.1 Å². The van der Waals surface area contributed by atoms with Gasteiger partial charge in [0.1, 0.15) is 11.6 Å².